The Morgan fingerprint density at radius 1 is 0.846 bits per heavy atom. The molecule has 4 rings (SSSR count). The van der Waals surface area contributed by atoms with Crippen molar-refractivity contribution in [3.05, 3.63) is 127 Å². The van der Waals surface area contributed by atoms with Gasteiger partial charge in [0.15, 0.2) is 0 Å². The van der Waals surface area contributed by atoms with Gasteiger partial charge < -0.3 is 14.8 Å². The molecule has 0 aliphatic rings. The maximum atomic E-state index is 12.8. The van der Waals surface area contributed by atoms with Crippen LogP contribution < -0.4 is 14.8 Å². The van der Waals surface area contributed by atoms with Crippen LogP contribution >= 0.6 is 31.9 Å². The van der Waals surface area contributed by atoms with Crippen molar-refractivity contribution in [2.24, 2.45) is 0 Å². The summed E-state index contributed by atoms with van der Waals surface area (Å²) in [7, 11) is 0. The zero-order valence-corrected chi connectivity index (χ0v) is 24.7. The second-order valence-electron chi connectivity index (χ2n) is 8.96. The number of anilines is 1. The van der Waals surface area contributed by atoms with Gasteiger partial charge in [-0.3, -0.25) is 4.79 Å². The van der Waals surface area contributed by atoms with Gasteiger partial charge >= 0.3 is 0 Å². The first-order valence-corrected chi connectivity index (χ1v) is 13.8. The number of nitrogens with zero attached hydrogens (tertiary/aromatic N) is 1. The van der Waals surface area contributed by atoms with Crippen molar-refractivity contribution < 1.29 is 14.3 Å². The molecule has 4 aromatic rings. The topological polar surface area (TPSA) is 71.3 Å². The van der Waals surface area contributed by atoms with E-state index in [9.17, 15) is 10.1 Å². The van der Waals surface area contributed by atoms with Crippen LogP contribution in [-0.2, 0) is 18.0 Å². The number of halogens is 2. The third-order valence-electron chi connectivity index (χ3n) is 6.03. The highest BCUT2D eigenvalue weighted by Crippen LogP contribution is 2.28. The lowest BCUT2D eigenvalue weighted by atomic mass is 10.1. The molecule has 1 N–H and O–H groups in total. The van der Waals surface area contributed by atoms with Crippen molar-refractivity contribution in [3.8, 4) is 17.6 Å². The molecule has 0 fully saturated rings. The average Bonchev–Trinajstić information content (AvgIpc) is 2.93. The Morgan fingerprint density at radius 2 is 1.54 bits per heavy atom. The maximum absolute atomic E-state index is 12.8. The van der Waals surface area contributed by atoms with Gasteiger partial charge in [0.05, 0.1) is 4.47 Å². The normalized spacial score (nSPS) is 11.0. The van der Waals surface area contributed by atoms with Crippen LogP contribution in [0.4, 0.5) is 5.69 Å². The fourth-order valence-corrected chi connectivity index (χ4v) is 4.45. The van der Waals surface area contributed by atoms with Crippen LogP contribution in [0, 0.1) is 25.2 Å². The predicted molar refractivity (Wildman–Crippen MR) is 162 cm³/mol. The van der Waals surface area contributed by atoms with Gasteiger partial charge in [0.1, 0.15) is 36.4 Å². The number of aryl methyl sites for hydroxylation is 2. The lowest BCUT2D eigenvalue weighted by molar-refractivity contribution is -0.112. The van der Waals surface area contributed by atoms with Crippen LogP contribution in [0.5, 0.6) is 11.5 Å². The molecule has 0 radical (unpaired) electrons. The van der Waals surface area contributed by atoms with Crippen LogP contribution in [-0.4, -0.2) is 5.91 Å². The first kappa shape index (κ1) is 28.2. The van der Waals surface area contributed by atoms with Crippen molar-refractivity contribution >= 4 is 49.5 Å². The number of hydrogen-bond donors (Lipinski definition) is 1. The highest BCUT2D eigenvalue weighted by atomic mass is 79.9. The molecule has 0 aliphatic carbocycles. The van der Waals surface area contributed by atoms with Gasteiger partial charge in [-0.15, -0.1) is 0 Å². The van der Waals surface area contributed by atoms with Crippen molar-refractivity contribution in [1.82, 2.24) is 0 Å². The zero-order chi connectivity index (χ0) is 27.8. The van der Waals surface area contributed by atoms with Crippen LogP contribution in [0.1, 0.15) is 27.8 Å². The van der Waals surface area contributed by atoms with E-state index in [0.717, 1.165) is 20.1 Å². The number of carbonyl (C=O) groups excluding carboxylic acids is 1. The number of hydrogen-bond acceptors (Lipinski definition) is 4. The molecule has 0 spiro atoms. The predicted octanol–water partition coefficient (Wildman–Crippen LogP) is 8.53. The van der Waals surface area contributed by atoms with E-state index in [1.807, 2.05) is 48.5 Å². The second-order valence-corrected chi connectivity index (χ2v) is 10.7. The van der Waals surface area contributed by atoms with E-state index in [2.05, 4.69) is 69.2 Å². The molecular weight excluding hydrogens is 620 g/mol. The van der Waals surface area contributed by atoms with Crippen molar-refractivity contribution in [2.75, 3.05) is 5.32 Å². The minimum absolute atomic E-state index is 0.0127. The molecule has 0 unspecified atom stereocenters. The smallest absolute Gasteiger partial charge is 0.266 e. The van der Waals surface area contributed by atoms with Gasteiger partial charge in [0, 0.05) is 10.2 Å². The third kappa shape index (κ3) is 8.06. The number of nitrogens with one attached hydrogen (secondary N) is 1. The Kier molecular flexibility index (Phi) is 9.59. The Labute approximate surface area is 245 Å². The molecule has 0 aromatic heterocycles. The SMILES string of the molecule is Cc1ccc(COc2ccc(/C=C(\C#N)C(=O)Nc3ccc(OCc4ccc(Br)cc4)cc3)cc2Br)cc1C. The first-order chi connectivity index (χ1) is 18.8. The summed E-state index contributed by atoms with van der Waals surface area (Å²) in [5, 5.41) is 12.4. The zero-order valence-electron chi connectivity index (χ0n) is 21.5. The minimum Gasteiger partial charge on any atom is -0.489 e. The monoisotopic (exact) mass is 644 g/mol. The van der Waals surface area contributed by atoms with Crippen molar-refractivity contribution in [3.63, 3.8) is 0 Å². The Hall–Kier alpha value is -3.86. The molecule has 196 valence electrons. The molecule has 7 heteroatoms. The lowest BCUT2D eigenvalue weighted by Gasteiger charge is -2.11. The third-order valence-corrected chi connectivity index (χ3v) is 7.18. The van der Waals surface area contributed by atoms with E-state index in [4.69, 9.17) is 9.47 Å². The maximum Gasteiger partial charge on any atom is 0.266 e. The van der Waals surface area contributed by atoms with Crippen LogP contribution in [0.3, 0.4) is 0 Å². The molecular formula is C32H26Br2N2O3. The Balaban J connectivity index is 1.35. The fourth-order valence-electron chi connectivity index (χ4n) is 3.67. The van der Waals surface area contributed by atoms with Crippen molar-refractivity contribution in [2.45, 2.75) is 27.1 Å². The molecule has 0 bridgehead atoms. The van der Waals surface area contributed by atoms with Gasteiger partial charge in [0.2, 0.25) is 0 Å². The molecule has 1 amide bonds. The molecule has 0 saturated carbocycles. The largest absolute Gasteiger partial charge is 0.489 e. The van der Waals surface area contributed by atoms with E-state index in [0.29, 0.717) is 36.0 Å². The summed E-state index contributed by atoms with van der Waals surface area (Å²) >= 11 is 6.95. The molecule has 0 saturated heterocycles. The van der Waals surface area contributed by atoms with Crippen LogP contribution in [0.2, 0.25) is 0 Å². The van der Waals surface area contributed by atoms with E-state index >= 15 is 0 Å². The summed E-state index contributed by atoms with van der Waals surface area (Å²) in [5.74, 6) is 0.861. The Bertz CT molecular complexity index is 1540. The summed E-state index contributed by atoms with van der Waals surface area (Å²) in [6, 6.07) is 28.6. The molecule has 0 heterocycles. The van der Waals surface area contributed by atoms with Gasteiger partial charge in [-0.2, -0.15) is 5.26 Å². The van der Waals surface area contributed by atoms with E-state index < -0.39 is 5.91 Å². The van der Waals surface area contributed by atoms with E-state index in [1.54, 1.807) is 30.3 Å². The van der Waals surface area contributed by atoms with Crippen LogP contribution in [0.15, 0.2) is 99.4 Å². The van der Waals surface area contributed by atoms with Gasteiger partial charge in [-0.25, -0.2) is 0 Å². The average molecular weight is 646 g/mol. The molecule has 39 heavy (non-hydrogen) atoms. The number of nitriles is 1. The molecule has 5 nitrogen and oxygen atoms in total. The highest BCUT2D eigenvalue weighted by Gasteiger charge is 2.11. The Morgan fingerprint density at radius 3 is 2.21 bits per heavy atom. The van der Waals surface area contributed by atoms with E-state index in [-0.39, 0.29) is 5.57 Å². The highest BCUT2D eigenvalue weighted by molar-refractivity contribution is 9.10. The molecule has 0 atom stereocenters. The van der Waals surface area contributed by atoms with Gasteiger partial charge in [0.25, 0.3) is 5.91 Å². The lowest BCUT2D eigenvalue weighted by Crippen LogP contribution is -2.13. The summed E-state index contributed by atoms with van der Waals surface area (Å²) in [4.78, 5) is 12.8. The quantitative estimate of drug-likeness (QED) is 0.146. The standard InChI is InChI=1S/C32H26Br2N2O3/c1-21-3-4-25(15-22(21)2)20-39-31-14-7-24(17-30(31)34)16-26(18-35)32(37)36-28-10-12-29(13-11-28)38-19-23-5-8-27(33)9-6-23/h3-17H,19-20H2,1-2H3,(H,36,37)/b26-16+. The summed E-state index contributed by atoms with van der Waals surface area (Å²) in [6.45, 7) is 5.03. The number of amides is 1. The van der Waals surface area contributed by atoms with Gasteiger partial charge in [-0.05, 0) is 112 Å². The number of ether oxygens (including phenoxy) is 2. The van der Waals surface area contributed by atoms with E-state index in [1.165, 1.54) is 11.1 Å². The fraction of sp³-hybridized carbons (Fsp3) is 0.125. The first-order valence-electron chi connectivity index (χ1n) is 12.2. The number of carbonyl (C=O) groups is 1. The summed E-state index contributed by atoms with van der Waals surface area (Å²) in [5.41, 5.74) is 5.85. The summed E-state index contributed by atoms with van der Waals surface area (Å²) < 4.78 is 13.5. The molecule has 0 aliphatic heterocycles. The number of benzene rings is 4. The summed E-state index contributed by atoms with van der Waals surface area (Å²) in [6.07, 6.45) is 1.54. The van der Waals surface area contributed by atoms with Crippen molar-refractivity contribution in [1.29, 1.82) is 5.26 Å². The minimum atomic E-state index is -0.493. The molecule has 4 aromatic carbocycles. The van der Waals surface area contributed by atoms with Crippen LogP contribution in [0.25, 0.3) is 6.08 Å². The van der Waals surface area contributed by atoms with Gasteiger partial charge in [-0.1, -0.05) is 52.3 Å². The number of rotatable bonds is 9. The second kappa shape index (κ2) is 13.3.